The van der Waals surface area contributed by atoms with Gasteiger partial charge in [0.15, 0.2) is 5.78 Å². The second-order valence-electron chi connectivity index (χ2n) is 3.57. The van der Waals surface area contributed by atoms with Crippen molar-refractivity contribution in [1.82, 2.24) is 4.90 Å². The zero-order valence-corrected chi connectivity index (χ0v) is 7.83. The number of amides is 1. The minimum Gasteiger partial charge on any atom is -0.333 e. The molecule has 12 heavy (non-hydrogen) atoms. The van der Waals surface area contributed by atoms with Gasteiger partial charge in [-0.2, -0.15) is 0 Å². The maximum Gasteiger partial charge on any atom is 0.220 e. The average Bonchev–Trinajstić information content (AvgIpc) is 1.82. The zero-order chi connectivity index (χ0) is 9.30. The van der Waals surface area contributed by atoms with E-state index in [2.05, 4.69) is 0 Å². The molecule has 0 aliphatic carbocycles. The van der Waals surface area contributed by atoms with Crippen LogP contribution in [-0.2, 0) is 9.59 Å². The van der Waals surface area contributed by atoms with E-state index in [1.54, 1.807) is 4.90 Å². The van der Waals surface area contributed by atoms with Crippen molar-refractivity contribution in [1.29, 1.82) is 0 Å². The van der Waals surface area contributed by atoms with Crippen molar-refractivity contribution < 1.29 is 9.59 Å². The Bertz CT molecular complexity index is 211. The van der Waals surface area contributed by atoms with E-state index >= 15 is 0 Å². The van der Waals surface area contributed by atoms with Crippen LogP contribution in [-0.4, -0.2) is 29.2 Å². The lowest BCUT2D eigenvalue weighted by Crippen LogP contribution is -2.55. The molecule has 1 atom stereocenters. The van der Waals surface area contributed by atoms with Crippen molar-refractivity contribution in [2.75, 3.05) is 6.54 Å². The molecule has 1 rings (SSSR count). The summed E-state index contributed by atoms with van der Waals surface area (Å²) >= 11 is 0. The highest BCUT2D eigenvalue weighted by Gasteiger charge is 2.36. The third kappa shape index (κ3) is 1.49. The third-order valence-corrected chi connectivity index (χ3v) is 2.32. The number of ketones is 1. The first kappa shape index (κ1) is 9.23. The van der Waals surface area contributed by atoms with E-state index in [9.17, 15) is 9.59 Å². The van der Waals surface area contributed by atoms with Crippen LogP contribution in [0.2, 0.25) is 0 Å². The average molecular weight is 169 g/mol. The van der Waals surface area contributed by atoms with Crippen LogP contribution in [0, 0.1) is 5.92 Å². The van der Waals surface area contributed by atoms with Gasteiger partial charge in [0.2, 0.25) is 5.91 Å². The molecule has 1 aliphatic rings. The summed E-state index contributed by atoms with van der Waals surface area (Å²) in [6, 6.07) is -0.123. The Balaban J connectivity index is 2.55. The van der Waals surface area contributed by atoms with Crippen molar-refractivity contribution in [3.05, 3.63) is 0 Å². The molecule has 0 N–H and O–H groups in total. The first-order chi connectivity index (χ1) is 5.54. The van der Waals surface area contributed by atoms with Gasteiger partial charge in [-0.15, -0.1) is 0 Å². The molecule has 1 fully saturated rings. The summed E-state index contributed by atoms with van der Waals surface area (Å²) in [5.41, 5.74) is 0. The lowest BCUT2D eigenvalue weighted by molar-refractivity contribution is -0.146. The Hall–Kier alpha value is -0.860. The number of nitrogens with zero attached hydrogens (tertiary/aromatic N) is 1. The van der Waals surface area contributed by atoms with Crippen molar-refractivity contribution in [3.63, 3.8) is 0 Å². The van der Waals surface area contributed by atoms with Crippen molar-refractivity contribution in [2.24, 2.45) is 5.92 Å². The number of hydrogen-bond acceptors (Lipinski definition) is 2. The number of likely N-dealkylation sites (tertiary alicyclic amines) is 1. The van der Waals surface area contributed by atoms with Crippen LogP contribution in [0.25, 0.3) is 0 Å². The van der Waals surface area contributed by atoms with Gasteiger partial charge in [0.05, 0.1) is 6.04 Å². The van der Waals surface area contributed by atoms with E-state index in [-0.39, 0.29) is 23.7 Å². The standard InChI is InChI=1S/C9H15NO2/c1-6(2)9(12)8-4-5-10(8)7(3)11/h6,8H,4-5H2,1-3H3. The molecule has 0 radical (unpaired) electrons. The lowest BCUT2D eigenvalue weighted by atomic mass is 9.92. The number of rotatable bonds is 2. The molecule has 3 heteroatoms. The Morgan fingerprint density at radius 3 is 2.25 bits per heavy atom. The highest BCUT2D eigenvalue weighted by Crippen LogP contribution is 2.20. The Kier molecular flexibility index (Phi) is 2.50. The fraction of sp³-hybridized carbons (Fsp3) is 0.778. The summed E-state index contributed by atoms with van der Waals surface area (Å²) in [6.07, 6.45) is 0.844. The molecule has 0 bridgehead atoms. The summed E-state index contributed by atoms with van der Waals surface area (Å²) in [5.74, 6) is 0.244. The third-order valence-electron chi connectivity index (χ3n) is 2.32. The molecule has 68 valence electrons. The van der Waals surface area contributed by atoms with Gasteiger partial charge in [0.1, 0.15) is 0 Å². The quantitative estimate of drug-likeness (QED) is 0.614. The molecule has 0 saturated carbocycles. The van der Waals surface area contributed by atoms with Gasteiger partial charge >= 0.3 is 0 Å². The number of carbonyl (C=O) groups excluding carboxylic acids is 2. The fourth-order valence-corrected chi connectivity index (χ4v) is 1.44. The minimum absolute atomic E-state index is 0.0141. The maximum absolute atomic E-state index is 11.4. The molecule has 1 unspecified atom stereocenters. The summed E-state index contributed by atoms with van der Waals surface area (Å²) < 4.78 is 0. The smallest absolute Gasteiger partial charge is 0.220 e. The largest absolute Gasteiger partial charge is 0.333 e. The van der Waals surface area contributed by atoms with Gasteiger partial charge in [-0.1, -0.05) is 13.8 Å². The van der Waals surface area contributed by atoms with Gasteiger partial charge in [0, 0.05) is 19.4 Å². The molecule has 0 aromatic rings. The van der Waals surface area contributed by atoms with Gasteiger partial charge in [-0.25, -0.2) is 0 Å². The molecular weight excluding hydrogens is 154 g/mol. The first-order valence-corrected chi connectivity index (χ1v) is 4.35. The van der Waals surface area contributed by atoms with E-state index in [0.29, 0.717) is 0 Å². The summed E-state index contributed by atoms with van der Waals surface area (Å²) in [7, 11) is 0. The van der Waals surface area contributed by atoms with Crippen LogP contribution in [0.3, 0.4) is 0 Å². The normalized spacial score (nSPS) is 22.3. The Morgan fingerprint density at radius 2 is 2.00 bits per heavy atom. The number of carbonyl (C=O) groups is 2. The van der Waals surface area contributed by atoms with E-state index in [1.807, 2.05) is 13.8 Å². The monoisotopic (exact) mass is 169 g/mol. The highest BCUT2D eigenvalue weighted by molar-refractivity contribution is 5.91. The molecule has 0 spiro atoms. The summed E-state index contributed by atoms with van der Waals surface area (Å²) in [4.78, 5) is 24.0. The molecule has 1 saturated heterocycles. The zero-order valence-electron chi connectivity index (χ0n) is 7.83. The van der Waals surface area contributed by atoms with Gasteiger partial charge in [-0.3, -0.25) is 9.59 Å². The molecule has 1 amide bonds. The molecule has 0 aromatic carbocycles. The molecular formula is C9H15NO2. The van der Waals surface area contributed by atoms with Crippen molar-refractivity contribution >= 4 is 11.7 Å². The van der Waals surface area contributed by atoms with E-state index in [4.69, 9.17) is 0 Å². The second-order valence-corrected chi connectivity index (χ2v) is 3.57. The van der Waals surface area contributed by atoms with Crippen LogP contribution in [0.4, 0.5) is 0 Å². The second kappa shape index (κ2) is 3.25. The van der Waals surface area contributed by atoms with Gasteiger partial charge < -0.3 is 4.90 Å². The Labute approximate surface area is 72.7 Å². The SMILES string of the molecule is CC(=O)N1CCC1C(=O)C(C)C. The summed E-state index contributed by atoms with van der Waals surface area (Å²) in [6.45, 7) is 6.01. The van der Waals surface area contributed by atoms with E-state index < -0.39 is 0 Å². The highest BCUT2D eigenvalue weighted by atomic mass is 16.2. The van der Waals surface area contributed by atoms with Crippen LogP contribution < -0.4 is 0 Å². The topological polar surface area (TPSA) is 37.4 Å². The van der Waals surface area contributed by atoms with Gasteiger partial charge in [0.25, 0.3) is 0 Å². The van der Waals surface area contributed by atoms with E-state index in [1.165, 1.54) is 6.92 Å². The predicted molar refractivity (Wildman–Crippen MR) is 45.6 cm³/mol. The predicted octanol–water partition coefficient (Wildman–Crippen LogP) is 0.832. The number of hydrogen-bond donors (Lipinski definition) is 0. The molecule has 1 heterocycles. The van der Waals surface area contributed by atoms with Crippen LogP contribution in [0.15, 0.2) is 0 Å². The van der Waals surface area contributed by atoms with Crippen LogP contribution in [0.1, 0.15) is 27.2 Å². The van der Waals surface area contributed by atoms with Crippen LogP contribution in [0.5, 0.6) is 0 Å². The lowest BCUT2D eigenvalue weighted by Gasteiger charge is -2.40. The Morgan fingerprint density at radius 1 is 1.42 bits per heavy atom. The van der Waals surface area contributed by atoms with Crippen molar-refractivity contribution in [3.8, 4) is 0 Å². The summed E-state index contributed by atoms with van der Waals surface area (Å²) in [5, 5.41) is 0. The van der Waals surface area contributed by atoms with E-state index in [0.717, 1.165) is 13.0 Å². The molecule has 3 nitrogen and oxygen atoms in total. The molecule has 0 aromatic heterocycles. The van der Waals surface area contributed by atoms with Crippen molar-refractivity contribution in [2.45, 2.75) is 33.2 Å². The van der Waals surface area contributed by atoms with Gasteiger partial charge in [-0.05, 0) is 6.42 Å². The fourth-order valence-electron chi connectivity index (χ4n) is 1.44. The van der Waals surface area contributed by atoms with Crippen LogP contribution >= 0.6 is 0 Å². The molecule has 1 aliphatic heterocycles. The number of Topliss-reactive ketones (excluding diaryl/α,β-unsaturated/α-hetero) is 1. The first-order valence-electron chi connectivity index (χ1n) is 4.35. The minimum atomic E-state index is -0.123. The maximum atomic E-state index is 11.4.